The van der Waals surface area contributed by atoms with Crippen LogP contribution in [0.2, 0.25) is 0 Å². The van der Waals surface area contributed by atoms with Crippen LogP contribution in [0.25, 0.3) is 0 Å². The Bertz CT molecular complexity index is 601. The summed E-state index contributed by atoms with van der Waals surface area (Å²) < 4.78 is 0.577. The highest BCUT2D eigenvalue weighted by Crippen LogP contribution is 2.29. The molecule has 0 aliphatic carbocycles. The molecule has 2 rings (SSSR count). The number of carboxylic acids is 1. The Balaban J connectivity index is 2.37. The molecule has 0 fully saturated rings. The van der Waals surface area contributed by atoms with E-state index in [1.54, 1.807) is 0 Å². The summed E-state index contributed by atoms with van der Waals surface area (Å²) in [5.41, 5.74) is 0.581. The first-order chi connectivity index (χ1) is 8.58. The van der Waals surface area contributed by atoms with Crippen molar-refractivity contribution < 1.29 is 14.8 Å². The van der Waals surface area contributed by atoms with Crippen molar-refractivity contribution in [3.63, 3.8) is 0 Å². The third-order valence-corrected chi connectivity index (χ3v) is 3.53. The van der Waals surface area contributed by atoms with E-state index in [1.807, 2.05) is 0 Å². The molecule has 18 heavy (non-hydrogen) atoms. The number of hydrogen-bond acceptors (Lipinski definition) is 8. The molecule has 0 unspecified atom stereocenters. The second-order valence-electron chi connectivity index (χ2n) is 2.91. The Morgan fingerprint density at radius 3 is 2.89 bits per heavy atom. The summed E-state index contributed by atoms with van der Waals surface area (Å²) in [5, 5.41) is 27.2. The van der Waals surface area contributed by atoms with Crippen LogP contribution in [0.3, 0.4) is 0 Å². The lowest BCUT2D eigenvalue weighted by atomic mass is 10.2. The summed E-state index contributed by atoms with van der Waals surface area (Å²) >= 11 is 2.36. The Labute approximate surface area is 108 Å². The summed E-state index contributed by atoms with van der Waals surface area (Å²) in [6.45, 7) is 0. The first-order valence-corrected chi connectivity index (χ1v) is 6.09. The fourth-order valence-corrected chi connectivity index (χ4v) is 2.50. The molecule has 0 aliphatic rings. The normalized spacial score (nSPS) is 10.2. The van der Waals surface area contributed by atoms with Crippen molar-refractivity contribution in [2.45, 2.75) is 9.37 Å². The van der Waals surface area contributed by atoms with Gasteiger partial charge in [0.1, 0.15) is 22.3 Å². The van der Waals surface area contributed by atoms with Gasteiger partial charge in [0.25, 0.3) is 0 Å². The van der Waals surface area contributed by atoms with E-state index >= 15 is 0 Å². The van der Waals surface area contributed by atoms with Gasteiger partial charge in [-0.3, -0.25) is 10.1 Å². The monoisotopic (exact) mass is 284 g/mol. The summed E-state index contributed by atoms with van der Waals surface area (Å²) in [6.07, 6.45) is 0.923. The third-order valence-electron chi connectivity index (χ3n) is 1.82. The van der Waals surface area contributed by atoms with Crippen LogP contribution in [0.5, 0.6) is 0 Å². The fourth-order valence-electron chi connectivity index (χ4n) is 1.10. The first-order valence-electron chi connectivity index (χ1n) is 4.39. The zero-order valence-electron chi connectivity index (χ0n) is 8.51. The van der Waals surface area contributed by atoms with Crippen LogP contribution in [0, 0.1) is 10.1 Å². The zero-order valence-corrected chi connectivity index (χ0v) is 10.1. The molecule has 2 aromatic heterocycles. The predicted octanol–water partition coefficient (Wildman–Crippen LogP) is 1.69. The lowest BCUT2D eigenvalue weighted by Crippen LogP contribution is -2.03. The number of rotatable bonds is 4. The SMILES string of the molecule is O=C(O)c1cc(Sc2nncs2)ncc1[N+](=O)[O-]. The van der Waals surface area contributed by atoms with Crippen molar-refractivity contribution >= 4 is 34.8 Å². The van der Waals surface area contributed by atoms with E-state index in [9.17, 15) is 14.9 Å². The van der Waals surface area contributed by atoms with Gasteiger partial charge < -0.3 is 5.11 Å². The minimum atomic E-state index is -1.37. The van der Waals surface area contributed by atoms with Crippen molar-refractivity contribution in [2.75, 3.05) is 0 Å². The van der Waals surface area contributed by atoms with Crippen LogP contribution in [0.15, 0.2) is 27.1 Å². The lowest BCUT2D eigenvalue weighted by Gasteiger charge is -2.00. The molecule has 1 N–H and O–H groups in total. The van der Waals surface area contributed by atoms with Crippen LogP contribution < -0.4 is 0 Å². The summed E-state index contributed by atoms with van der Waals surface area (Å²) in [6, 6.07) is 1.15. The Kier molecular flexibility index (Phi) is 3.48. The Morgan fingerprint density at radius 1 is 1.56 bits per heavy atom. The maximum Gasteiger partial charge on any atom is 0.342 e. The number of carboxylic acid groups (broad SMARTS) is 1. The Morgan fingerprint density at radius 2 is 2.33 bits per heavy atom. The van der Waals surface area contributed by atoms with Gasteiger partial charge in [0, 0.05) is 0 Å². The van der Waals surface area contributed by atoms with E-state index in [1.165, 1.54) is 16.8 Å². The van der Waals surface area contributed by atoms with Gasteiger partial charge in [-0.1, -0.05) is 11.3 Å². The highest BCUT2D eigenvalue weighted by molar-refractivity contribution is 8.00. The van der Waals surface area contributed by atoms with Crippen molar-refractivity contribution in [3.8, 4) is 0 Å². The molecule has 0 amide bonds. The van der Waals surface area contributed by atoms with E-state index in [4.69, 9.17) is 5.11 Å². The van der Waals surface area contributed by atoms with Gasteiger partial charge >= 0.3 is 11.7 Å². The molecule has 0 aliphatic heterocycles. The van der Waals surface area contributed by atoms with Crippen LogP contribution in [-0.2, 0) is 0 Å². The second kappa shape index (κ2) is 5.06. The van der Waals surface area contributed by atoms with Crippen LogP contribution in [0.4, 0.5) is 5.69 Å². The number of hydrogen-bond donors (Lipinski definition) is 1. The molecule has 0 spiro atoms. The van der Waals surface area contributed by atoms with Gasteiger partial charge in [0.15, 0.2) is 4.34 Å². The fraction of sp³-hybridized carbons (Fsp3) is 0. The molecule has 2 heterocycles. The number of pyridine rings is 1. The van der Waals surface area contributed by atoms with Crippen molar-refractivity contribution in [2.24, 2.45) is 0 Å². The molecule has 0 atom stereocenters. The first kappa shape index (κ1) is 12.4. The molecule has 0 saturated heterocycles. The predicted molar refractivity (Wildman–Crippen MR) is 61.9 cm³/mol. The maximum atomic E-state index is 10.9. The molecular weight excluding hydrogens is 280 g/mol. The topological polar surface area (TPSA) is 119 Å². The van der Waals surface area contributed by atoms with Gasteiger partial charge in [0.05, 0.1) is 4.92 Å². The molecule has 0 bridgehead atoms. The lowest BCUT2D eigenvalue weighted by molar-refractivity contribution is -0.385. The molecule has 0 aromatic carbocycles. The number of aromatic carboxylic acids is 1. The molecule has 2 aromatic rings. The zero-order chi connectivity index (χ0) is 13.1. The van der Waals surface area contributed by atoms with E-state index in [2.05, 4.69) is 15.2 Å². The summed E-state index contributed by atoms with van der Waals surface area (Å²) in [4.78, 5) is 24.6. The highest BCUT2D eigenvalue weighted by atomic mass is 32.2. The third kappa shape index (κ3) is 2.60. The smallest absolute Gasteiger partial charge is 0.342 e. The minimum Gasteiger partial charge on any atom is -0.477 e. The summed E-state index contributed by atoms with van der Waals surface area (Å²) in [7, 11) is 0. The molecule has 8 nitrogen and oxygen atoms in total. The number of nitro groups is 1. The number of aromatic nitrogens is 3. The standard InChI is InChI=1S/C8H4N4O4S2/c13-7(14)4-1-6(9-2-5(4)12(15)16)18-8-11-10-3-17-8/h1-3H,(H,13,14). The molecule has 92 valence electrons. The molecule has 0 saturated carbocycles. The quantitative estimate of drug-likeness (QED) is 0.665. The van der Waals surface area contributed by atoms with E-state index in [0.29, 0.717) is 9.37 Å². The molecular formula is C8H4N4O4S2. The van der Waals surface area contributed by atoms with E-state index in [0.717, 1.165) is 24.0 Å². The Hall–Kier alpha value is -2.07. The van der Waals surface area contributed by atoms with Crippen molar-refractivity contribution in [1.29, 1.82) is 0 Å². The second-order valence-corrected chi connectivity index (χ2v) is 5.01. The van der Waals surface area contributed by atoms with Gasteiger partial charge in [-0.05, 0) is 17.8 Å². The van der Waals surface area contributed by atoms with Crippen LogP contribution in [0.1, 0.15) is 10.4 Å². The molecule has 0 radical (unpaired) electrons. The van der Waals surface area contributed by atoms with Gasteiger partial charge in [-0.25, -0.2) is 9.78 Å². The average molecular weight is 284 g/mol. The van der Waals surface area contributed by atoms with Crippen molar-refractivity contribution in [1.82, 2.24) is 15.2 Å². The highest BCUT2D eigenvalue weighted by Gasteiger charge is 2.21. The van der Waals surface area contributed by atoms with Crippen LogP contribution in [-0.4, -0.2) is 31.2 Å². The van der Waals surface area contributed by atoms with Crippen LogP contribution >= 0.6 is 23.1 Å². The number of carbonyl (C=O) groups is 1. The molecule has 10 heteroatoms. The van der Waals surface area contributed by atoms with Crippen molar-refractivity contribution in [3.05, 3.63) is 33.5 Å². The average Bonchev–Trinajstić information content (AvgIpc) is 2.81. The maximum absolute atomic E-state index is 10.9. The number of nitrogens with zero attached hydrogens (tertiary/aromatic N) is 4. The van der Waals surface area contributed by atoms with Gasteiger partial charge in [-0.2, -0.15) is 0 Å². The van der Waals surface area contributed by atoms with E-state index < -0.39 is 22.1 Å². The largest absolute Gasteiger partial charge is 0.477 e. The minimum absolute atomic E-state index is 0.315. The van der Waals surface area contributed by atoms with Gasteiger partial charge in [-0.15, -0.1) is 10.2 Å². The van der Waals surface area contributed by atoms with E-state index in [-0.39, 0.29) is 0 Å². The van der Waals surface area contributed by atoms with Gasteiger partial charge in [0.2, 0.25) is 0 Å². The summed E-state index contributed by atoms with van der Waals surface area (Å²) in [5.74, 6) is -1.37.